The standard InChI is InChI=1S/C16H21BrClNO4/c1-15(2,3)23-14(22)19(16(9-20)4-5-16)8-10-6-11(17)7-12(18)13(10)21/h6-7,20-21H,4-5,8-9H2,1-3H3. The first-order valence-corrected chi connectivity index (χ1v) is 8.53. The van der Waals surface area contributed by atoms with Gasteiger partial charge in [-0.15, -0.1) is 0 Å². The Kier molecular flexibility index (Phi) is 5.18. The number of nitrogens with zero attached hydrogens (tertiary/aromatic N) is 1. The van der Waals surface area contributed by atoms with Crippen LogP contribution in [0, 0.1) is 0 Å². The van der Waals surface area contributed by atoms with Crippen molar-refractivity contribution in [3.8, 4) is 5.75 Å². The lowest BCUT2D eigenvalue weighted by Gasteiger charge is -2.33. The highest BCUT2D eigenvalue weighted by atomic mass is 79.9. The number of carbonyl (C=O) groups excluding carboxylic acids is 1. The van der Waals surface area contributed by atoms with Crippen molar-refractivity contribution in [2.75, 3.05) is 6.61 Å². The van der Waals surface area contributed by atoms with Gasteiger partial charge in [0.25, 0.3) is 0 Å². The summed E-state index contributed by atoms with van der Waals surface area (Å²) in [6.45, 7) is 5.33. The number of ether oxygens (including phenoxy) is 1. The summed E-state index contributed by atoms with van der Waals surface area (Å²) in [7, 11) is 0. The zero-order valence-corrected chi connectivity index (χ0v) is 15.7. The quantitative estimate of drug-likeness (QED) is 0.791. The minimum Gasteiger partial charge on any atom is -0.506 e. The van der Waals surface area contributed by atoms with Crippen molar-refractivity contribution < 1.29 is 19.7 Å². The van der Waals surface area contributed by atoms with Gasteiger partial charge >= 0.3 is 6.09 Å². The summed E-state index contributed by atoms with van der Waals surface area (Å²) >= 11 is 9.31. The van der Waals surface area contributed by atoms with Gasteiger partial charge in [0.1, 0.15) is 11.4 Å². The van der Waals surface area contributed by atoms with E-state index in [1.807, 2.05) is 0 Å². The molecule has 0 radical (unpaired) electrons. The monoisotopic (exact) mass is 405 g/mol. The van der Waals surface area contributed by atoms with Gasteiger partial charge in [0.05, 0.1) is 23.7 Å². The third-order valence-corrected chi connectivity index (χ3v) is 4.49. The number of phenols is 1. The molecule has 5 nitrogen and oxygen atoms in total. The van der Waals surface area contributed by atoms with Crippen LogP contribution in [0.3, 0.4) is 0 Å². The molecule has 0 bridgehead atoms. The number of carbonyl (C=O) groups is 1. The van der Waals surface area contributed by atoms with Crippen molar-refractivity contribution in [3.63, 3.8) is 0 Å². The fourth-order valence-corrected chi connectivity index (χ4v) is 3.19. The molecule has 1 aromatic carbocycles. The van der Waals surface area contributed by atoms with E-state index in [-0.39, 0.29) is 23.9 Å². The predicted octanol–water partition coefficient (Wildman–Crippen LogP) is 4.07. The van der Waals surface area contributed by atoms with Gasteiger partial charge in [-0.25, -0.2) is 4.79 Å². The molecule has 1 aliphatic rings. The molecule has 1 fully saturated rings. The number of aromatic hydroxyl groups is 1. The van der Waals surface area contributed by atoms with Crippen LogP contribution in [-0.4, -0.2) is 39.0 Å². The van der Waals surface area contributed by atoms with Gasteiger partial charge in [-0.1, -0.05) is 27.5 Å². The van der Waals surface area contributed by atoms with Crippen LogP contribution in [0.2, 0.25) is 5.02 Å². The molecule has 0 unspecified atom stereocenters. The Labute approximate surface area is 149 Å². The SMILES string of the molecule is CC(C)(C)OC(=O)N(Cc1cc(Br)cc(Cl)c1O)C1(CO)CC1. The number of rotatable bonds is 4. The van der Waals surface area contributed by atoms with E-state index in [0.717, 1.165) is 0 Å². The van der Waals surface area contributed by atoms with Crippen LogP contribution >= 0.6 is 27.5 Å². The Morgan fingerprint density at radius 1 is 1.43 bits per heavy atom. The number of aliphatic hydroxyl groups excluding tert-OH is 1. The Balaban J connectivity index is 2.31. The van der Waals surface area contributed by atoms with Crippen molar-refractivity contribution in [1.29, 1.82) is 0 Å². The van der Waals surface area contributed by atoms with Gasteiger partial charge < -0.3 is 14.9 Å². The van der Waals surface area contributed by atoms with Gasteiger partial charge in [-0.3, -0.25) is 4.90 Å². The van der Waals surface area contributed by atoms with Gasteiger partial charge in [-0.05, 0) is 45.7 Å². The van der Waals surface area contributed by atoms with E-state index in [1.54, 1.807) is 32.9 Å². The summed E-state index contributed by atoms with van der Waals surface area (Å²) in [6, 6.07) is 3.28. The zero-order valence-electron chi connectivity index (χ0n) is 13.4. The number of halogens is 2. The minimum absolute atomic E-state index is 0.0721. The Bertz CT molecular complexity index is 611. The van der Waals surface area contributed by atoms with Gasteiger partial charge in [0.2, 0.25) is 0 Å². The summed E-state index contributed by atoms with van der Waals surface area (Å²) in [6.07, 6.45) is 0.885. The summed E-state index contributed by atoms with van der Waals surface area (Å²) in [5.74, 6) is -0.0721. The lowest BCUT2D eigenvalue weighted by Crippen LogP contribution is -2.46. The molecule has 0 heterocycles. The molecule has 0 aliphatic heterocycles. The van der Waals surface area contributed by atoms with Crippen LogP contribution < -0.4 is 0 Å². The Morgan fingerprint density at radius 2 is 2.04 bits per heavy atom. The highest BCUT2D eigenvalue weighted by molar-refractivity contribution is 9.10. The molecule has 7 heteroatoms. The maximum atomic E-state index is 12.6. The highest BCUT2D eigenvalue weighted by Crippen LogP contribution is 2.44. The first-order valence-electron chi connectivity index (χ1n) is 7.36. The minimum atomic E-state index is -0.641. The van der Waals surface area contributed by atoms with Crippen molar-refractivity contribution in [1.82, 2.24) is 4.90 Å². The van der Waals surface area contributed by atoms with E-state index in [0.29, 0.717) is 22.9 Å². The molecule has 0 saturated heterocycles. The predicted molar refractivity (Wildman–Crippen MR) is 91.6 cm³/mol. The second kappa shape index (κ2) is 6.49. The van der Waals surface area contributed by atoms with E-state index in [2.05, 4.69) is 15.9 Å². The molecule has 0 atom stereocenters. The number of amides is 1. The topological polar surface area (TPSA) is 70.0 Å². The Hall–Kier alpha value is -0.980. The van der Waals surface area contributed by atoms with Gasteiger partial charge in [-0.2, -0.15) is 0 Å². The fraction of sp³-hybridized carbons (Fsp3) is 0.562. The highest BCUT2D eigenvalue weighted by Gasteiger charge is 2.51. The molecule has 1 aromatic rings. The normalized spacial score (nSPS) is 16.1. The van der Waals surface area contributed by atoms with Crippen molar-refractivity contribution >= 4 is 33.6 Å². The lowest BCUT2D eigenvalue weighted by atomic mass is 10.1. The van der Waals surface area contributed by atoms with E-state index in [4.69, 9.17) is 16.3 Å². The molecule has 23 heavy (non-hydrogen) atoms. The molecule has 0 aromatic heterocycles. The molecule has 1 amide bonds. The van der Waals surface area contributed by atoms with E-state index in [1.165, 1.54) is 4.90 Å². The molecule has 1 aliphatic carbocycles. The van der Waals surface area contributed by atoms with Crippen LogP contribution in [-0.2, 0) is 11.3 Å². The first kappa shape index (κ1) is 18.4. The van der Waals surface area contributed by atoms with Gasteiger partial charge in [0.15, 0.2) is 0 Å². The van der Waals surface area contributed by atoms with Crippen LogP contribution in [0.4, 0.5) is 4.79 Å². The van der Waals surface area contributed by atoms with Crippen LogP contribution in [0.15, 0.2) is 16.6 Å². The second-order valence-electron chi connectivity index (χ2n) is 6.84. The summed E-state index contributed by atoms with van der Waals surface area (Å²) in [5, 5.41) is 20.0. The summed E-state index contributed by atoms with van der Waals surface area (Å²) in [5.41, 5.74) is -0.767. The van der Waals surface area contributed by atoms with E-state index >= 15 is 0 Å². The first-order chi connectivity index (χ1) is 10.6. The largest absolute Gasteiger partial charge is 0.506 e. The van der Waals surface area contributed by atoms with Crippen molar-refractivity contribution in [3.05, 3.63) is 27.2 Å². The number of hydrogen-bond acceptors (Lipinski definition) is 4. The van der Waals surface area contributed by atoms with Crippen LogP contribution in [0.25, 0.3) is 0 Å². The molecule has 2 rings (SSSR count). The van der Waals surface area contributed by atoms with Crippen LogP contribution in [0.1, 0.15) is 39.2 Å². The molecule has 128 valence electrons. The number of aliphatic hydroxyl groups is 1. The summed E-state index contributed by atoms with van der Waals surface area (Å²) in [4.78, 5) is 14.0. The third-order valence-electron chi connectivity index (χ3n) is 3.74. The molecule has 0 spiro atoms. The molecule has 1 saturated carbocycles. The maximum Gasteiger partial charge on any atom is 0.411 e. The Morgan fingerprint density at radius 3 is 2.52 bits per heavy atom. The molecular weight excluding hydrogens is 386 g/mol. The molecular formula is C16H21BrClNO4. The van der Waals surface area contributed by atoms with E-state index < -0.39 is 17.2 Å². The smallest absolute Gasteiger partial charge is 0.411 e. The number of benzene rings is 1. The maximum absolute atomic E-state index is 12.6. The second-order valence-corrected chi connectivity index (χ2v) is 8.17. The fourth-order valence-electron chi connectivity index (χ4n) is 2.31. The number of hydrogen-bond donors (Lipinski definition) is 2. The zero-order chi connectivity index (χ0) is 17.4. The van der Waals surface area contributed by atoms with Crippen molar-refractivity contribution in [2.45, 2.75) is 51.3 Å². The number of phenolic OH excluding ortho intramolecular Hbond substituents is 1. The lowest BCUT2D eigenvalue weighted by molar-refractivity contribution is 0.00205. The van der Waals surface area contributed by atoms with E-state index in [9.17, 15) is 15.0 Å². The molecule has 2 N–H and O–H groups in total. The average Bonchev–Trinajstić information content (AvgIpc) is 3.19. The van der Waals surface area contributed by atoms with Crippen LogP contribution in [0.5, 0.6) is 5.75 Å². The average molecular weight is 407 g/mol. The third kappa shape index (κ3) is 4.31. The van der Waals surface area contributed by atoms with Crippen molar-refractivity contribution in [2.24, 2.45) is 0 Å². The van der Waals surface area contributed by atoms with Gasteiger partial charge in [0, 0.05) is 10.0 Å². The summed E-state index contributed by atoms with van der Waals surface area (Å²) < 4.78 is 6.15.